The summed E-state index contributed by atoms with van der Waals surface area (Å²) in [5.41, 5.74) is -3.44. The molecule has 0 bridgehead atoms. The largest absolute Gasteiger partial charge is 0.450 e. The van der Waals surface area contributed by atoms with E-state index in [4.69, 9.17) is 4.74 Å². The molecule has 0 spiro atoms. The smallest absolute Gasteiger partial charge is 0.343 e. The number of hydrogen-bond acceptors (Lipinski definition) is 10. The number of allylic oxidation sites excluding steroid dienone is 1. The van der Waals surface area contributed by atoms with Gasteiger partial charge in [-0.3, -0.25) is 24.2 Å². The maximum Gasteiger partial charge on any atom is 0.343 e. The first kappa shape index (κ1) is 15.0. The number of ether oxygens (including phenoxy) is 1. The summed E-state index contributed by atoms with van der Waals surface area (Å²) in [6.07, 6.45) is 1.49. The van der Waals surface area contributed by atoms with E-state index in [-0.39, 0.29) is 33.3 Å². The Morgan fingerprint density at radius 1 is 1.40 bits per heavy atom. The summed E-state index contributed by atoms with van der Waals surface area (Å²) >= 11 is 0. The van der Waals surface area contributed by atoms with E-state index in [1.807, 2.05) is 0 Å². The zero-order valence-corrected chi connectivity index (χ0v) is 12.5. The quantitative estimate of drug-likeness (QED) is 0.216. The molecule has 0 unspecified atom stereocenters. The summed E-state index contributed by atoms with van der Waals surface area (Å²) in [6.45, 7) is 1.09. The molecule has 2 aromatic heterocycles. The van der Waals surface area contributed by atoms with Gasteiger partial charge >= 0.3 is 17.2 Å². The van der Waals surface area contributed by atoms with E-state index in [1.54, 1.807) is 0 Å². The van der Waals surface area contributed by atoms with Gasteiger partial charge in [-0.1, -0.05) is 6.08 Å². The lowest BCUT2D eigenvalue weighted by atomic mass is 9.66. The molecule has 0 saturated carbocycles. The van der Waals surface area contributed by atoms with Gasteiger partial charge < -0.3 is 15.2 Å². The van der Waals surface area contributed by atoms with E-state index in [0.717, 1.165) is 6.92 Å². The molecule has 0 N–H and O–H groups in total. The number of hydrogen-bond donors (Lipinski definition) is 0. The number of fused-ring (bicyclic) bond motifs is 6. The van der Waals surface area contributed by atoms with E-state index in [2.05, 4.69) is 19.6 Å². The molecule has 2 aromatic rings. The van der Waals surface area contributed by atoms with Crippen LogP contribution in [0.25, 0.3) is 11.4 Å². The second-order valence-electron chi connectivity index (χ2n) is 5.62. The predicted molar refractivity (Wildman–Crippen MR) is 70.6 cm³/mol. The highest BCUT2D eigenvalue weighted by atomic mass is 16.8. The van der Waals surface area contributed by atoms with Crippen molar-refractivity contribution in [2.45, 2.75) is 30.9 Å². The van der Waals surface area contributed by atoms with Gasteiger partial charge in [0.05, 0.1) is 5.16 Å². The molecule has 130 valence electrons. The minimum absolute atomic E-state index is 0.00181. The molecule has 2 heterocycles. The lowest BCUT2D eigenvalue weighted by molar-refractivity contribution is -0.811. The van der Waals surface area contributed by atoms with Crippen LogP contribution in [0, 0.1) is 20.5 Å². The van der Waals surface area contributed by atoms with Gasteiger partial charge in [0.1, 0.15) is 5.92 Å². The van der Waals surface area contributed by atoms with Gasteiger partial charge in [0.25, 0.3) is 11.4 Å². The molecule has 13 heteroatoms. The zero-order valence-electron chi connectivity index (χ0n) is 12.5. The fourth-order valence-corrected chi connectivity index (χ4v) is 3.53. The summed E-state index contributed by atoms with van der Waals surface area (Å²) < 4.78 is 14.1. The van der Waals surface area contributed by atoms with Crippen molar-refractivity contribution in [2.75, 3.05) is 0 Å². The van der Waals surface area contributed by atoms with Crippen LogP contribution in [0.3, 0.4) is 0 Å². The molecule has 13 nitrogen and oxygen atoms in total. The zero-order chi connectivity index (χ0) is 17.9. The van der Waals surface area contributed by atoms with Crippen LogP contribution in [0.2, 0.25) is 0 Å². The third kappa shape index (κ3) is 1.68. The Morgan fingerprint density at radius 2 is 2.12 bits per heavy atom. The molecule has 0 radical (unpaired) electrons. The van der Waals surface area contributed by atoms with Gasteiger partial charge in [-0.05, 0) is 22.3 Å². The van der Waals surface area contributed by atoms with Crippen LogP contribution in [-0.4, -0.2) is 27.3 Å². The van der Waals surface area contributed by atoms with Crippen molar-refractivity contribution >= 4 is 5.97 Å². The van der Waals surface area contributed by atoms with Crippen molar-refractivity contribution in [1.82, 2.24) is 10.3 Å². The number of carbonyl (C=O) groups excluding carboxylic acids is 1. The standard InChI is InChI=1S/C12H9N5O8/c1-5(18)23-7-4-2-3-6-9-8(13-24-15(9)19)10-11(14-25-16(10)20)12(6,7)17(21)22/h2,4,6-7H,3H2,1H3/t6-,7+,12-/m1/s1. The van der Waals surface area contributed by atoms with Gasteiger partial charge in [-0.25, -0.2) is 0 Å². The topological polar surface area (TPSA) is 175 Å². The Balaban J connectivity index is 2.09. The van der Waals surface area contributed by atoms with Crippen molar-refractivity contribution < 1.29 is 33.5 Å². The third-order valence-corrected chi connectivity index (χ3v) is 4.44. The molecule has 0 aromatic carbocycles. The Labute approximate surface area is 137 Å². The average Bonchev–Trinajstić information content (AvgIpc) is 3.10. The van der Waals surface area contributed by atoms with Crippen LogP contribution >= 0.6 is 0 Å². The molecule has 4 rings (SSSR count). The van der Waals surface area contributed by atoms with Crippen LogP contribution in [0.1, 0.15) is 30.7 Å². The fraction of sp³-hybridized carbons (Fsp3) is 0.417. The number of nitrogens with zero attached hydrogens (tertiary/aromatic N) is 5. The SMILES string of the molecule is CC(=O)O[C@H]1C=CC[C@@H]2c3c(no[n+]3[O-])-c3c(no[n+]3[O-])[C@]12[N+](=O)[O-]. The van der Waals surface area contributed by atoms with Crippen LogP contribution in [-0.2, 0) is 15.1 Å². The molecule has 25 heavy (non-hydrogen) atoms. The Bertz CT molecular complexity index is 932. The van der Waals surface area contributed by atoms with Gasteiger partial charge in [-0.15, -0.1) is 0 Å². The second-order valence-corrected chi connectivity index (χ2v) is 5.62. The van der Waals surface area contributed by atoms with E-state index >= 15 is 0 Å². The maximum atomic E-state index is 12.1. The Kier molecular flexibility index (Phi) is 2.86. The molecule has 2 aliphatic rings. The number of esters is 1. The lowest BCUT2D eigenvalue weighted by Gasteiger charge is -2.36. The van der Waals surface area contributed by atoms with Crippen LogP contribution < -0.4 is 9.81 Å². The highest BCUT2D eigenvalue weighted by Crippen LogP contribution is 2.53. The van der Waals surface area contributed by atoms with Crippen LogP contribution in [0.5, 0.6) is 0 Å². The van der Waals surface area contributed by atoms with Gasteiger partial charge in [0.2, 0.25) is 5.69 Å². The van der Waals surface area contributed by atoms with Crippen LogP contribution in [0.15, 0.2) is 21.4 Å². The predicted octanol–water partition coefficient (Wildman–Crippen LogP) is -0.943. The molecule has 3 atom stereocenters. The number of aromatic nitrogens is 4. The third-order valence-electron chi connectivity index (χ3n) is 4.44. The number of carbonyl (C=O) groups is 1. The molecule has 0 aliphatic heterocycles. The average molecular weight is 351 g/mol. The minimum Gasteiger partial charge on any atom is -0.450 e. The fourth-order valence-electron chi connectivity index (χ4n) is 3.53. The summed E-state index contributed by atoms with van der Waals surface area (Å²) in [5.74, 6) is -1.91. The summed E-state index contributed by atoms with van der Waals surface area (Å²) in [4.78, 5) is 22.8. The van der Waals surface area contributed by atoms with Crippen molar-refractivity contribution in [3.63, 3.8) is 0 Å². The molecule has 2 aliphatic carbocycles. The Hall–Kier alpha value is -3.51. The molecule has 0 fully saturated rings. The summed E-state index contributed by atoms with van der Waals surface area (Å²) in [6, 6.07) is 0. The van der Waals surface area contributed by atoms with E-state index < -0.39 is 34.1 Å². The maximum absolute atomic E-state index is 12.1. The first-order chi connectivity index (χ1) is 11.9. The molecule has 0 amide bonds. The first-order valence-electron chi connectivity index (χ1n) is 7.07. The number of nitro groups is 1. The lowest BCUT2D eigenvalue weighted by Crippen LogP contribution is -2.57. The van der Waals surface area contributed by atoms with Gasteiger partial charge in [0, 0.05) is 17.0 Å². The van der Waals surface area contributed by atoms with Crippen molar-refractivity contribution in [3.8, 4) is 11.4 Å². The normalized spacial score (nSPS) is 26.4. The highest BCUT2D eigenvalue weighted by Gasteiger charge is 2.73. The van der Waals surface area contributed by atoms with Crippen LogP contribution in [0.4, 0.5) is 0 Å². The molecule has 0 saturated heterocycles. The van der Waals surface area contributed by atoms with Crippen molar-refractivity contribution in [1.29, 1.82) is 0 Å². The highest BCUT2D eigenvalue weighted by molar-refractivity contribution is 5.68. The summed E-state index contributed by atoms with van der Waals surface area (Å²) in [5, 5.41) is 43.1. The number of rotatable bonds is 2. The van der Waals surface area contributed by atoms with E-state index in [9.17, 15) is 25.3 Å². The molecular weight excluding hydrogens is 342 g/mol. The first-order valence-corrected chi connectivity index (χ1v) is 7.07. The summed E-state index contributed by atoms with van der Waals surface area (Å²) in [7, 11) is 0. The van der Waals surface area contributed by atoms with E-state index in [0.29, 0.717) is 0 Å². The minimum atomic E-state index is -2.22. The second kappa shape index (κ2) is 4.75. The van der Waals surface area contributed by atoms with Gasteiger partial charge in [0.15, 0.2) is 6.10 Å². The molecular formula is C12H9N5O8. The van der Waals surface area contributed by atoms with E-state index in [1.165, 1.54) is 12.2 Å². The van der Waals surface area contributed by atoms with Crippen molar-refractivity contribution in [2.24, 2.45) is 0 Å². The van der Waals surface area contributed by atoms with Crippen molar-refractivity contribution in [3.05, 3.63) is 44.1 Å². The van der Waals surface area contributed by atoms with Gasteiger partial charge in [-0.2, -0.15) is 0 Å². The Morgan fingerprint density at radius 3 is 2.80 bits per heavy atom. The monoisotopic (exact) mass is 351 g/mol.